The maximum absolute atomic E-state index is 9.58. The summed E-state index contributed by atoms with van der Waals surface area (Å²) in [4.78, 5) is 0. The molecule has 0 aromatic rings. The zero-order chi connectivity index (χ0) is 9.19. The summed E-state index contributed by atoms with van der Waals surface area (Å²) in [6.07, 6.45) is -1.01. The molecule has 0 aromatic heterocycles. The number of hydrogen-bond acceptors (Lipinski definition) is 4. The molecular formula is C7H13BO4. The van der Waals surface area contributed by atoms with Gasteiger partial charge in [0.05, 0.1) is 19.8 Å². The van der Waals surface area contributed by atoms with Gasteiger partial charge in [0.15, 0.2) is 0 Å². The van der Waals surface area contributed by atoms with E-state index in [2.05, 4.69) is 0 Å². The van der Waals surface area contributed by atoms with Gasteiger partial charge in [-0.25, -0.2) is 0 Å². The highest BCUT2D eigenvalue weighted by Gasteiger charge is 2.40. The Labute approximate surface area is 71.9 Å². The van der Waals surface area contributed by atoms with Crippen LogP contribution in [-0.2, 0) is 4.74 Å². The van der Waals surface area contributed by atoms with Crippen molar-refractivity contribution >= 4 is 7.85 Å². The molecule has 0 bridgehead atoms. The molecule has 0 radical (unpaired) electrons. The van der Waals surface area contributed by atoms with Crippen molar-refractivity contribution in [3.8, 4) is 0 Å². The molecule has 1 aliphatic rings. The first-order valence-corrected chi connectivity index (χ1v) is 3.88. The molecule has 3 N–H and O–H groups in total. The van der Waals surface area contributed by atoms with E-state index in [-0.39, 0.29) is 6.61 Å². The summed E-state index contributed by atoms with van der Waals surface area (Å²) in [5.74, 6) is 1.68. The zero-order valence-corrected chi connectivity index (χ0v) is 7.03. The van der Waals surface area contributed by atoms with Gasteiger partial charge in [-0.3, -0.25) is 0 Å². The van der Waals surface area contributed by atoms with Crippen molar-refractivity contribution in [3.05, 3.63) is 11.5 Å². The Bertz CT molecular complexity index is 194. The average Bonchev–Trinajstić information content (AvgIpc) is 2.10. The van der Waals surface area contributed by atoms with Crippen molar-refractivity contribution in [1.82, 2.24) is 0 Å². The average molecular weight is 172 g/mol. The van der Waals surface area contributed by atoms with E-state index in [1.54, 1.807) is 13.8 Å². The molecule has 0 saturated carbocycles. The molecule has 1 saturated heterocycles. The molecule has 1 aliphatic heterocycles. The van der Waals surface area contributed by atoms with Gasteiger partial charge in [0.2, 0.25) is 0 Å². The summed E-state index contributed by atoms with van der Waals surface area (Å²) in [5, 5.41) is 27.9. The lowest BCUT2D eigenvalue weighted by Crippen LogP contribution is -2.54. The molecule has 4 nitrogen and oxygen atoms in total. The molecule has 2 atom stereocenters. The van der Waals surface area contributed by atoms with Gasteiger partial charge in [0, 0.05) is 0 Å². The fraction of sp³-hybridized carbons (Fsp3) is 0.714. The van der Waals surface area contributed by atoms with Crippen molar-refractivity contribution < 1.29 is 20.1 Å². The van der Waals surface area contributed by atoms with Crippen LogP contribution in [0.15, 0.2) is 11.5 Å². The van der Waals surface area contributed by atoms with E-state index < -0.39 is 18.3 Å². The number of ether oxygens (including phenoxy) is 1. The van der Waals surface area contributed by atoms with Crippen LogP contribution in [0.1, 0.15) is 0 Å². The Hall–Kier alpha value is -0.355. The SMILES string of the molecule is B/C=C1/COCC(O)(CO)C1O. The third-order valence-corrected chi connectivity index (χ3v) is 2.13. The van der Waals surface area contributed by atoms with Crippen LogP contribution in [0, 0.1) is 0 Å². The Kier molecular flexibility index (Phi) is 2.90. The van der Waals surface area contributed by atoms with E-state index in [1.807, 2.05) is 0 Å². The van der Waals surface area contributed by atoms with Crippen LogP contribution in [-0.4, -0.2) is 54.7 Å². The lowest BCUT2D eigenvalue weighted by Gasteiger charge is -2.36. The van der Waals surface area contributed by atoms with Gasteiger partial charge in [0.25, 0.3) is 0 Å². The predicted octanol–water partition coefficient (Wildman–Crippen LogP) is -2.38. The van der Waals surface area contributed by atoms with Crippen molar-refractivity contribution in [3.63, 3.8) is 0 Å². The number of aliphatic hydroxyl groups is 3. The van der Waals surface area contributed by atoms with Crippen LogP contribution in [0.4, 0.5) is 0 Å². The van der Waals surface area contributed by atoms with Gasteiger partial charge in [-0.15, -0.1) is 5.98 Å². The fourth-order valence-electron chi connectivity index (χ4n) is 1.22. The van der Waals surface area contributed by atoms with Gasteiger partial charge in [-0.2, -0.15) is 0 Å². The maximum atomic E-state index is 9.58. The van der Waals surface area contributed by atoms with E-state index in [0.717, 1.165) is 0 Å². The van der Waals surface area contributed by atoms with Crippen LogP contribution < -0.4 is 0 Å². The monoisotopic (exact) mass is 172 g/mol. The second-order valence-electron chi connectivity index (χ2n) is 3.02. The van der Waals surface area contributed by atoms with E-state index in [4.69, 9.17) is 9.84 Å². The maximum Gasteiger partial charge on any atom is 0.140 e. The topological polar surface area (TPSA) is 69.9 Å². The highest BCUT2D eigenvalue weighted by molar-refractivity contribution is 6.17. The lowest BCUT2D eigenvalue weighted by molar-refractivity contribution is -0.152. The predicted molar refractivity (Wildman–Crippen MR) is 45.5 cm³/mol. The Morgan fingerprint density at radius 2 is 2.42 bits per heavy atom. The van der Waals surface area contributed by atoms with Gasteiger partial charge in [-0.05, 0) is 5.57 Å². The minimum Gasteiger partial charge on any atom is -0.393 e. The molecule has 1 heterocycles. The van der Waals surface area contributed by atoms with Crippen LogP contribution in [0.3, 0.4) is 0 Å². The second kappa shape index (κ2) is 3.57. The van der Waals surface area contributed by atoms with E-state index >= 15 is 0 Å². The summed E-state index contributed by atoms with van der Waals surface area (Å²) in [7, 11) is 1.75. The highest BCUT2D eigenvalue weighted by atomic mass is 16.5. The van der Waals surface area contributed by atoms with E-state index in [0.29, 0.717) is 12.2 Å². The summed E-state index contributed by atoms with van der Waals surface area (Å²) in [6.45, 7) is -0.201. The second-order valence-corrected chi connectivity index (χ2v) is 3.02. The van der Waals surface area contributed by atoms with Crippen LogP contribution in [0.5, 0.6) is 0 Å². The van der Waals surface area contributed by atoms with Crippen LogP contribution in [0.25, 0.3) is 0 Å². The Morgan fingerprint density at radius 1 is 1.75 bits per heavy atom. The fourth-order valence-corrected chi connectivity index (χ4v) is 1.22. The minimum absolute atomic E-state index is 0.0258. The molecule has 1 fully saturated rings. The first-order chi connectivity index (χ1) is 5.64. The summed E-state index contributed by atoms with van der Waals surface area (Å²) in [6, 6.07) is 0. The zero-order valence-electron chi connectivity index (χ0n) is 7.03. The molecular weight excluding hydrogens is 159 g/mol. The van der Waals surface area contributed by atoms with E-state index in [1.165, 1.54) is 0 Å². The lowest BCUT2D eigenvalue weighted by atomic mass is 9.87. The summed E-state index contributed by atoms with van der Waals surface area (Å²) < 4.78 is 5.01. The molecule has 68 valence electrons. The van der Waals surface area contributed by atoms with Crippen molar-refractivity contribution in [2.24, 2.45) is 0 Å². The normalized spacial score (nSPS) is 40.2. The highest BCUT2D eigenvalue weighted by Crippen LogP contribution is 2.22. The molecule has 0 aliphatic carbocycles. The minimum atomic E-state index is -1.53. The third-order valence-electron chi connectivity index (χ3n) is 2.13. The van der Waals surface area contributed by atoms with Crippen molar-refractivity contribution in [2.45, 2.75) is 11.7 Å². The van der Waals surface area contributed by atoms with Gasteiger partial charge >= 0.3 is 0 Å². The molecule has 2 unspecified atom stereocenters. The largest absolute Gasteiger partial charge is 0.393 e. The number of rotatable bonds is 1. The van der Waals surface area contributed by atoms with Gasteiger partial charge in [-0.1, -0.05) is 0 Å². The summed E-state index contributed by atoms with van der Waals surface area (Å²) >= 11 is 0. The van der Waals surface area contributed by atoms with E-state index in [9.17, 15) is 10.2 Å². The third kappa shape index (κ3) is 1.54. The molecule has 0 aromatic carbocycles. The Balaban J connectivity index is 2.79. The van der Waals surface area contributed by atoms with Crippen molar-refractivity contribution in [1.29, 1.82) is 0 Å². The molecule has 5 heteroatoms. The standard InChI is InChI=1S/C7H13BO4/c8-1-5-2-12-4-7(11,3-9)6(5)10/h1,6,9-11H,2-4,8H2/b5-1-. The van der Waals surface area contributed by atoms with Gasteiger partial charge < -0.3 is 20.1 Å². The molecule has 12 heavy (non-hydrogen) atoms. The summed E-state index contributed by atoms with van der Waals surface area (Å²) in [5.41, 5.74) is -0.919. The first-order valence-electron chi connectivity index (χ1n) is 3.88. The quantitative estimate of drug-likeness (QED) is 0.386. The number of aliphatic hydroxyl groups excluding tert-OH is 2. The Morgan fingerprint density at radius 3 is 2.92 bits per heavy atom. The van der Waals surface area contributed by atoms with Crippen molar-refractivity contribution in [2.75, 3.05) is 19.8 Å². The first kappa shape index (κ1) is 9.73. The smallest absolute Gasteiger partial charge is 0.140 e. The molecule has 0 spiro atoms. The molecule has 0 amide bonds. The molecule has 1 rings (SSSR count). The van der Waals surface area contributed by atoms with Crippen LogP contribution >= 0.6 is 0 Å². The van der Waals surface area contributed by atoms with Gasteiger partial charge in [0.1, 0.15) is 19.6 Å². The number of hydrogen-bond donors (Lipinski definition) is 3. The van der Waals surface area contributed by atoms with Crippen LogP contribution in [0.2, 0.25) is 0 Å².